The molecule has 0 aromatic heterocycles. The van der Waals surface area contributed by atoms with Crippen LogP contribution in [0.4, 0.5) is 0 Å². The van der Waals surface area contributed by atoms with Gasteiger partial charge in [0.1, 0.15) is 5.75 Å². The Kier molecular flexibility index (Phi) is 4.28. The second kappa shape index (κ2) is 6.59. The molecule has 0 saturated heterocycles. The molecule has 4 aliphatic carbocycles. The van der Waals surface area contributed by atoms with Crippen LogP contribution in [0.5, 0.6) is 5.75 Å². The lowest BCUT2D eigenvalue weighted by Gasteiger charge is -2.52. The van der Waals surface area contributed by atoms with E-state index >= 15 is 0 Å². The number of rotatable bonds is 2. The highest BCUT2D eigenvalue weighted by Gasteiger charge is 2.56. The van der Waals surface area contributed by atoms with Gasteiger partial charge in [0.05, 0.1) is 13.2 Å². The van der Waals surface area contributed by atoms with Crippen LogP contribution >= 0.6 is 0 Å². The first-order valence-corrected chi connectivity index (χ1v) is 10.8. The number of hydrogen-bond donors (Lipinski definition) is 1. The van der Waals surface area contributed by atoms with Crippen molar-refractivity contribution in [3.8, 4) is 5.75 Å². The van der Waals surface area contributed by atoms with Crippen molar-refractivity contribution in [2.45, 2.75) is 63.9 Å². The number of carbonyl (C=O) groups excluding carboxylic acids is 1. The van der Waals surface area contributed by atoms with E-state index in [1.165, 1.54) is 16.7 Å². The van der Waals surface area contributed by atoms with E-state index in [1.807, 2.05) is 12.1 Å². The molecule has 148 valence electrons. The van der Waals surface area contributed by atoms with E-state index in [9.17, 15) is 9.90 Å². The van der Waals surface area contributed by atoms with Crippen molar-refractivity contribution in [3.63, 3.8) is 0 Å². The summed E-state index contributed by atoms with van der Waals surface area (Å²) < 4.78 is 5.75. The van der Waals surface area contributed by atoms with Gasteiger partial charge in [-0.25, -0.2) is 0 Å². The van der Waals surface area contributed by atoms with E-state index in [2.05, 4.69) is 25.1 Å². The van der Waals surface area contributed by atoms with Crippen LogP contribution in [0, 0.1) is 17.3 Å². The molecular weight excluding hydrogens is 348 g/mol. The van der Waals surface area contributed by atoms with E-state index in [1.54, 1.807) is 12.7 Å². The molecule has 0 heterocycles. The van der Waals surface area contributed by atoms with E-state index in [4.69, 9.17) is 4.74 Å². The van der Waals surface area contributed by atoms with Crippen molar-refractivity contribution in [1.29, 1.82) is 0 Å². The molecule has 3 nitrogen and oxygen atoms in total. The Labute approximate surface area is 167 Å². The minimum Gasteiger partial charge on any atom is -0.496 e. The largest absolute Gasteiger partial charge is 0.496 e. The second-order valence-electron chi connectivity index (χ2n) is 9.42. The van der Waals surface area contributed by atoms with Crippen LogP contribution in [0.3, 0.4) is 0 Å². The zero-order valence-corrected chi connectivity index (χ0v) is 16.9. The van der Waals surface area contributed by atoms with Crippen LogP contribution in [0.2, 0.25) is 0 Å². The third-order valence-electron chi connectivity index (χ3n) is 8.20. The van der Waals surface area contributed by atoms with Gasteiger partial charge in [-0.1, -0.05) is 30.7 Å². The first kappa shape index (κ1) is 18.2. The normalized spacial score (nSPS) is 37.1. The van der Waals surface area contributed by atoms with Gasteiger partial charge in [-0.3, -0.25) is 4.79 Å². The third kappa shape index (κ3) is 2.55. The fraction of sp³-hybridized carbons (Fsp3) is 0.560. The Balaban J connectivity index is 1.71. The summed E-state index contributed by atoms with van der Waals surface area (Å²) in [7, 11) is 1.75. The van der Waals surface area contributed by atoms with Crippen LogP contribution in [-0.2, 0) is 4.79 Å². The summed E-state index contributed by atoms with van der Waals surface area (Å²) in [6, 6.07) is 8.38. The number of aliphatic hydroxyl groups is 1. The molecule has 5 rings (SSSR count). The predicted molar refractivity (Wildman–Crippen MR) is 109 cm³/mol. The summed E-state index contributed by atoms with van der Waals surface area (Å²) in [5.74, 6) is 2.56. The van der Waals surface area contributed by atoms with E-state index in [0.29, 0.717) is 18.3 Å². The summed E-state index contributed by atoms with van der Waals surface area (Å²) in [5, 5.41) is 10.9. The van der Waals surface area contributed by atoms with Crippen molar-refractivity contribution in [1.82, 2.24) is 0 Å². The van der Waals surface area contributed by atoms with Gasteiger partial charge in [-0.15, -0.1) is 0 Å². The molecule has 0 aliphatic heterocycles. The van der Waals surface area contributed by atoms with Crippen LogP contribution in [0.15, 0.2) is 47.1 Å². The summed E-state index contributed by atoms with van der Waals surface area (Å²) in [5.41, 5.74) is 5.51. The number of ether oxygens (including phenoxy) is 1. The van der Waals surface area contributed by atoms with Crippen LogP contribution in [0.1, 0.15) is 63.4 Å². The van der Waals surface area contributed by atoms with E-state index in [0.717, 1.165) is 44.3 Å². The standard InChI is InChI=1S/C25H30O3/c1-25-14-20(18-5-3-4-6-22(18)28-2)24-17-10-8-16(26)13-15(17)7-9-19(24)21(25)11-12-23(25)27/h3-6,13,19-21,23,27H,7-12,14H2,1-2H3/t19-,20+,21-,23-,25-/m0/s1. The molecule has 4 aliphatic rings. The molecule has 0 radical (unpaired) electrons. The quantitative estimate of drug-likeness (QED) is 0.791. The molecule has 1 N–H and O–H groups in total. The van der Waals surface area contributed by atoms with E-state index in [-0.39, 0.29) is 23.2 Å². The van der Waals surface area contributed by atoms with Crippen molar-refractivity contribution in [2.24, 2.45) is 17.3 Å². The molecule has 0 unspecified atom stereocenters. The van der Waals surface area contributed by atoms with Crippen LogP contribution in [0.25, 0.3) is 0 Å². The number of methoxy groups -OCH3 is 1. The number of fused-ring (bicyclic) bond motifs is 4. The van der Waals surface area contributed by atoms with Gasteiger partial charge in [-0.2, -0.15) is 0 Å². The van der Waals surface area contributed by atoms with Crippen LogP contribution in [-0.4, -0.2) is 24.1 Å². The maximum absolute atomic E-state index is 12.1. The number of aliphatic hydroxyl groups excluding tert-OH is 1. The highest BCUT2D eigenvalue weighted by atomic mass is 16.5. The summed E-state index contributed by atoms with van der Waals surface area (Å²) in [6.45, 7) is 2.31. The maximum atomic E-state index is 12.1. The Hall–Kier alpha value is -1.87. The number of para-hydroxylation sites is 1. The maximum Gasteiger partial charge on any atom is 0.156 e. The lowest BCUT2D eigenvalue weighted by atomic mass is 9.53. The number of carbonyl (C=O) groups is 1. The minimum atomic E-state index is -0.217. The molecule has 3 heteroatoms. The van der Waals surface area contributed by atoms with Gasteiger partial charge in [0, 0.05) is 17.9 Å². The fourth-order valence-electron chi connectivity index (χ4n) is 6.87. The van der Waals surface area contributed by atoms with Crippen molar-refractivity contribution >= 4 is 5.78 Å². The van der Waals surface area contributed by atoms with Gasteiger partial charge >= 0.3 is 0 Å². The van der Waals surface area contributed by atoms with Gasteiger partial charge in [0.15, 0.2) is 5.78 Å². The summed E-state index contributed by atoms with van der Waals surface area (Å²) >= 11 is 0. The molecule has 28 heavy (non-hydrogen) atoms. The topological polar surface area (TPSA) is 46.5 Å². The predicted octanol–water partition coefficient (Wildman–Crippen LogP) is 4.96. The van der Waals surface area contributed by atoms with Gasteiger partial charge in [0.2, 0.25) is 0 Å². The highest BCUT2D eigenvalue weighted by molar-refractivity contribution is 5.93. The lowest BCUT2D eigenvalue weighted by molar-refractivity contribution is -0.114. The SMILES string of the molecule is COc1ccccc1[C@H]1C[C@]2(C)[C@@H](O)CC[C@H]2[C@@H]2CCC3=CC(=O)CCC3=C21. The average molecular weight is 379 g/mol. The number of allylic oxidation sites excluding steroid dienone is 4. The fourth-order valence-corrected chi connectivity index (χ4v) is 6.87. The molecule has 1 aromatic rings. The Morgan fingerprint density at radius 1 is 1.11 bits per heavy atom. The first-order valence-electron chi connectivity index (χ1n) is 10.8. The molecular formula is C25H30O3. The molecule has 1 aromatic carbocycles. The smallest absolute Gasteiger partial charge is 0.156 e. The monoisotopic (exact) mass is 378 g/mol. The number of ketones is 1. The Morgan fingerprint density at radius 3 is 2.75 bits per heavy atom. The first-order chi connectivity index (χ1) is 13.5. The highest BCUT2D eigenvalue weighted by Crippen LogP contribution is 2.64. The van der Waals surface area contributed by atoms with Crippen molar-refractivity contribution in [2.75, 3.05) is 7.11 Å². The molecule has 0 amide bonds. The molecule has 0 spiro atoms. The summed E-state index contributed by atoms with van der Waals surface area (Å²) in [4.78, 5) is 12.1. The van der Waals surface area contributed by atoms with Gasteiger partial charge < -0.3 is 9.84 Å². The van der Waals surface area contributed by atoms with Gasteiger partial charge in [0.25, 0.3) is 0 Å². The lowest BCUT2D eigenvalue weighted by Crippen LogP contribution is -2.45. The summed E-state index contributed by atoms with van der Waals surface area (Å²) in [6.07, 6.45) is 8.34. The molecule has 2 saturated carbocycles. The zero-order valence-electron chi connectivity index (χ0n) is 16.9. The minimum absolute atomic E-state index is 0.0358. The molecule has 0 bridgehead atoms. The Bertz CT molecular complexity index is 880. The van der Waals surface area contributed by atoms with Crippen LogP contribution < -0.4 is 4.74 Å². The third-order valence-corrected chi connectivity index (χ3v) is 8.20. The van der Waals surface area contributed by atoms with Crippen molar-refractivity contribution < 1.29 is 14.6 Å². The molecule has 5 atom stereocenters. The molecule has 2 fully saturated rings. The number of hydrogen-bond acceptors (Lipinski definition) is 3. The number of benzene rings is 1. The van der Waals surface area contributed by atoms with E-state index < -0.39 is 0 Å². The second-order valence-corrected chi connectivity index (χ2v) is 9.42. The van der Waals surface area contributed by atoms with Gasteiger partial charge in [-0.05, 0) is 79.1 Å². The average Bonchev–Trinajstić information content (AvgIpc) is 3.01. The van der Waals surface area contributed by atoms with Crippen molar-refractivity contribution in [3.05, 3.63) is 52.6 Å². The zero-order chi connectivity index (χ0) is 19.5. The Morgan fingerprint density at radius 2 is 1.93 bits per heavy atom.